The molecule has 1 fully saturated rings. The van der Waals surface area contributed by atoms with Gasteiger partial charge >= 0.3 is 7.12 Å². The monoisotopic (exact) mass is 364 g/mol. The quantitative estimate of drug-likeness (QED) is 0.562. The van der Waals surface area contributed by atoms with Crippen LogP contribution in [0.1, 0.15) is 27.7 Å². The Labute approximate surface area is 160 Å². The molecule has 1 saturated heterocycles. The second-order valence-corrected chi connectivity index (χ2v) is 8.26. The van der Waals surface area contributed by atoms with Crippen molar-refractivity contribution in [2.45, 2.75) is 38.9 Å². The van der Waals surface area contributed by atoms with Crippen LogP contribution in [0, 0.1) is 0 Å². The third kappa shape index (κ3) is 2.85. The molecule has 0 atom stereocenters. The van der Waals surface area contributed by atoms with Crippen LogP contribution in [0.25, 0.3) is 21.9 Å². The van der Waals surface area contributed by atoms with E-state index in [0.29, 0.717) is 0 Å². The van der Waals surface area contributed by atoms with Crippen molar-refractivity contribution in [3.05, 3.63) is 65.7 Å². The van der Waals surface area contributed by atoms with Gasteiger partial charge in [0.1, 0.15) is 0 Å². The molecule has 0 amide bonds. The Kier molecular flexibility index (Phi) is 4.15. The van der Waals surface area contributed by atoms with E-state index >= 15 is 0 Å². The number of hydrogen-bond acceptors (Lipinski definition) is 2. The molecule has 0 unspecified atom stereocenters. The van der Waals surface area contributed by atoms with Crippen molar-refractivity contribution in [2.75, 3.05) is 0 Å². The Bertz CT molecular complexity index is 965. The summed E-state index contributed by atoms with van der Waals surface area (Å²) >= 11 is 6.37. The summed E-state index contributed by atoms with van der Waals surface area (Å²) in [6.07, 6.45) is 0. The Morgan fingerprint density at radius 3 is 2.12 bits per heavy atom. The molecule has 0 N–H and O–H groups in total. The predicted molar refractivity (Wildman–Crippen MR) is 110 cm³/mol. The third-order valence-electron chi connectivity index (χ3n) is 5.59. The van der Waals surface area contributed by atoms with E-state index in [1.54, 1.807) is 0 Å². The number of rotatable bonds is 2. The molecule has 1 aliphatic rings. The molecule has 4 heteroatoms. The molecular formula is C22H22BClO2. The summed E-state index contributed by atoms with van der Waals surface area (Å²) in [5.74, 6) is 0. The van der Waals surface area contributed by atoms with Crippen molar-refractivity contribution in [3.8, 4) is 11.1 Å². The van der Waals surface area contributed by atoms with Crippen LogP contribution in [0.4, 0.5) is 0 Å². The molecule has 0 aromatic heterocycles. The smallest absolute Gasteiger partial charge is 0.399 e. The third-order valence-corrected chi connectivity index (χ3v) is 5.92. The van der Waals surface area contributed by atoms with Crippen LogP contribution in [-0.4, -0.2) is 18.3 Å². The first-order valence-corrected chi connectivity index (χ1v) is 9.29. The number of hydrogen-bond donors (Lipinski definition) is 0. The lowest BCUT2D eigenvalue weighted by molar-refractivity contribution is 0.00578. The van der Waals surface area contributed by atoms with Crippen molar-refractivity contribution < 1.29 is 9.31 Å². The maximum Gasteiger partial charge on any atom is 0.494 e. The van der Waals surface area contributed by atoms with E-state index in [9.17, 15) is 0 Å². The maximum absolute atomic E-state index is 6.37. The van der Waals surface area contributed by atoms with Crippen molar-refractivity contribution in [1.82, 2.24) is 0 Å². The highest BCUT2D eigenvalue weighted by Gasteiger charge is 2.51. The maximum atomic E-state index is 6.37. The van der Waals surface area contributed by atoms with Crippen LogP contribution < -0.4 is 5.46 Å². The van der Waals surface area contributed by atoms with Gasteiger partial charge in [0.25, 0.3) is 0 Å². The van der Waals surface area contributed by atoms with Crippen molar-refractivity contribution in [3.63, 3.8) is 0 Å². The Morgan fingerprint density at radius 2 is 1.42 bits per heavy atom. The van der Waals surface area contributed by atoms with E-state index in [4.69, 9.17) is 20.9 Å². The summed E-state index contributed by atoms with van der Waals surface area (Å²) in [4.78, 5) is 0. The Morgan fingerprint density at radius 1 is 0.769 bits per heavy atom. The summed E-state index contributed by atoms with van der Waals surface area (Å²) in [7, 11) is -0.362. The average Bonchev–Trinajstić information content (AvgIpc) is 2.83. The standard InChI is InChI=1S/C22H22BClO2/c1-21(2)22(3,4)26-23(25-21)16-9-7-8-15(14-16)17-12-13-20(24)19-11-6-5-10-18(17)19/h5-14H,1-4H3. The highest BCUT2D eigenvalue weighted by molar-refractivity contribution is 6.62. The summed E-state index contributed by atoms with van der Waals surface area (Å²) in [6, 6.07) is 20.6. The van der Waals surface area contributed by atoms with E-state index < -0.39 is 0 Å². The molecule has 3 aromatic rings. The molecule has 0 aliphatic carbocycles. The van der Waals surface area contributed by atoms with Crippen molar-refractivity contribution in [2.24, 2.45) is 0 Å². The predicted octanol–water partition coefficient (Wildman–Crippen LogP) is 5.46. The normalized spacial score (nSPS) is 18.4. The lowest BCUT2D eigenvalue weighted by Gasteiger charge is -2.32. The number of fused-ring (bicyclic) bond motifs is 1. The lowest BCUT2D eigenvalue weighted by atomic mass is 9.77. The topological polar surface area (TPSA) is 18.5 Å². The summed E-state index contributed by atoms with van der Waals surface area (Å²) in [6.45, 7) is 8.29. The molecule has 3 aromatic carbocycles. The van der Waals surface area contributed by atoms with E-state index in [-0.39, 0.29) is 18.3 Å². The van der Waals surface area contributed by atoms with Gasteiger partial charge < -0.3 is 9.31 Å². The first-order chi connectivity index (χ1) is 12.3. The SMILES string of the molecule is CC1(C)OB(c2cccc(-c3ccc(Cl)c4ccccc34)c2)OC1(C)C. The molecule has 132 valence electrons. The zero-order valence-electron chi connectivity index (χ0n) is 15.5. The molecule has 0 saturated carbocycles. The van der Waals surface area contributed by atoms with Gasteiger partial charge in [0.15, 0.2) is 0 Å². The second-order valence-electron chi connectivity index (χ2n) is 7.85. The van der Waals surface area contributed by atoms with Crippen LogP contribution in [-0.2, 0) is 9.31 Å². The zero-order chi connectivity index (χ0) is 18.5. The zero-order valence-corrected chi connectivity index (χ0v) is 16.3. The molecule has 26 heavy (non-hydrogen) atoms. The molecule has 0 spiro atoms. The van der Waals surface area contributed by atoms with Gasteiger partial charge in [0.05, 0.1) is 11.2 Å². The first kappa shape index (κ1) is 17.6. The van der Waals surface area contributed by atoms with Crippen LogP contribution in [0.2, 0.25) is 5.02 Å². The van der Waals surface area contributed by atoms with Gasteiger partial charge in [-0.25, -0.2) is 0 Å². The van der Waals surface area contributed by atoms with E-state index in [1.165, 1.54) is 0 Å². The van der Waals surface area contributed by atoms with Crippen molar-refractivity contribution in [1.29, 1.82) is 0 Å². The van der Waals surface area contributed by atoms with Crippen LogP contribution in [0.5, 0.6) is 0 Å². The number of benzene rings is 3. The van der Waals surface area contributed by atoms with Gasteiger partial charge in [-0.3, -0.25) is 0 Å². The summed E-state index contributed by atoms with van der Waals surface area (Å²) < 4.78 is 12.4. The van der Waals surface area contributed by atoms with Gasteiger partial charge in [-0.2, -0.15) is 0 Å². The van der Waals surface area contributed by atoms with E-state index in [1.807, 2.05) is 18.2 Å². The molecule has 1 aliphatic heterocycles. The fourth-order valence-corrected chi connectivity index (χ4v) is 3.57. The van der Waals surface area contributed by atoms with Crippen LogP contribution >= 0.6 is 11.6 Å². The minimum Gasteiger partial charge on any atom is -0.399 e. The minimum atomic E-state index is -0.362. The largest absolute Gasteiger partial charge is 0.494 e. The Balaban J connectivity index is 1.78. The van der Waals surface area contributed by atoms with Gasteiger partial charge in [-0.05, 0) is 55.7 Å². The molecule has 0 bridgehead atoms. The fraction of sp³-hybridized carbons (Fsp3) is 0.273. The van der Waals surface area contributed by atoms with Gasteiger partial charge in [-0.15, -0.1) is 0 Å². The molecule has 4 rings (SSSR count). The lowest BCUT2D eigenvalue weighted by Crippen LogP contribution is -2.41. The van der Waals surface area contributed by atoms with Gasteiger partial charge in [-0.1, -0.05) is 66.2 Å². The molecular weight excluding hydrogens is 343 g/mol. The van der Waals surface area contributed by atoms with Crippen LogP contribution in [0.15, 0.2) is 60.7 Å². The fourth-order valence-electron chi connectivity index (χ4n) is 3.35. The van der Waals surface area contributed by atoms with E-state index in [0.717, 1.165) is 32.4 Å². The molecule has 2 nitrogen and oxygen atoms in total. The average molecular weight is 365 g/mol. The minimum absolute atomic E-state index is 0.347. The van der Waals surface area contributed by atoms with Crippen LogP contribution in [0.3, 0.4) is 0 Å². The summed E-state index contributed by atoms with van der Waals surface area (Å²) in [5, 5.41) is 2.98. The van der Waals surface area contributed by atoms with Crippen molar-refractivity contribution >= 4 is 35.0 Å². The highest BCUT2D eigenvalue weighted by atomic mass is 35.5. The van der Waals surface area contributed by atoms with Gasteiger partial charge in [0, 0.05) is 10.4 Å². The molecule has 0 radical (unpaired) electrons. The van der Waals surface area contributed by atoms with E-state index in [2.05, 4.69) is 70.2 Å². The first-order valence-electron chi connectivity index (χ1n) is 8.92. The highest BCUT2D eigenvalue weighted by Crippen LogP contribution is 2.37. The Hall–Kier alpha value is -1.81. The second kappa shape index (κ2) is 6.12. The molecule has 1 heterocycles. The van der Waals surface area contributed by atoms with Gasteiger partial charge in [0.2, 0.25) is 0 Å². The summed E-state index contributed by atoms with van der Waals surface area (Å²) in [5.41, 5.74) is 2.62. The number of halogens is 1.